The van der Waals surface area contributed by atoms with Gasteiger partial charge >= 0.3 is 6.18 Å². The molecule has 1 heterocycles. The Morgan fingerprint density at radius 3 is 2.25 bits per heavy atom. The SMILES string of the molecule is CC1CCC(c2ccc(C(=O)NCCC=O)cc2)(c2ccc(-c3nc4cc(C(F)(F)F)ccc4n3C)cc2)CC1. The third kappa shape index (κ3) is 5.27. The van der Waals surface area contributed by atoms with Gasteiger partial charge < -0.3 is 14.7 Å². The first-order chi connectivity index (χ1) is 19.1. The summed E-state index contributed by atoms with van der Waals surface area (Å²) in [7, 11) is 1.81. The normalized spacial score (nSPS) is 19.5. The summed E-state index contributed by atoms with van der Waals surface area (Å²) in [5, 5.41) is 2.76. The van der Waals surface area contributed by atoms with Gasteiger partial charge in [-0.1, -0.05) is 43.3 Å². The lowest BCUT2D eigenvalue weighted by Crippen LogP contribution is -2.32. The fraction of sp³-hybridized carbons (Fsp3) is 0.344. The molecule has 8 heteroatoms. The van der Waals surface area contributed by atoms with Crippen LogP contribution in [0.4, 0.5) is 13.2 Å². The quantitative estimate of drug-likeness (QED) is 0.199. The smallest absolute Gasteiger partial charge is 0.352 e. The predicted octanol–water partition coefficient (Wildman–Crippen LogP) is 7.07. The van der Waals surface area contributed by atoms with Crippen molar-refractivity contribution in [3.05, 3.63) is 89.0 Å². The van der Waals surface area contributed by atoms with Crippen LogP contribution in [0.25, 0.3) is 22.4 Å². The van der Waals surface area contributed by atoms with Crippen LogP contribution < -0.4 is 5.32 Å². The van der Waals surface area contributed by atoms with E-state index < -0.39 is 11.7 Å². The number of benzene rings is 3. The second kappa shape index (κ2) is 10.9. The van der Waals surface area contributed by atoms with Gasteiger partial charge in [-0.05, 0) is 73.1 Å². The molecule has 208 valence electrons. The molecule has 40 heavy (non-hydrogen) atoms. The van der Waals surface area contributed by atoms with Gasteiger partial charge in [0.2, 0.25) is 0 Å². The molecule has 1 aliphatic rings. The molecule has 0 aliphatic heterocycles. The van der Waals surface area contributed by atoms with Gasteiger partial charge in [0, 0.05) is 36.6 Å². The van der Waals surface area contributed by atoms with Crippen molar-refractivity contribution in [2.45, 2.75) is 50.6 Å². The van der Waals surface area contributed by atoms with Crippen molar-refractivity contribution in [3.63, 3.8) is 0 Å². The molecule has 1 N–H and O–H groups in total. The van der Waals surface area contributed by atoms with Gasteiger partial charge in [-0.3, -0.25) is 4.79 Å². The standard InChI is InChI=1S/C32H32F3N3O2/c1-21-14-16-31(17-15-21,25-10-6-23(7-11-25)30(40)36-18-3-19-39)24-8-4-22(5-9-24)29-37-27-20-26(32(33,34)35)12-13-28(27)38(29)2/h4-13,19-21H,3,14-18H2,1-2H3,(H,36,40). The molecular formula is C32H32F3N3O2. The number of hydrogen-bond acceptors (Lipinski definition) is 3. The second-order valence-electron chi connectivity index (χ2n) is 10.8. The summed E-state index contributed by atoms with van der Waals surface area (Å²) in [5.74, 6) is 1.04. The topological polar surface area (TPSA) is 64.0 Å². The number of aryl methyl sites for hydroxylation is 1. The van der Waals surface area contributed by atoms with Crippen molar-refractivity contribution < 1.29 is 22.8 Å². The Kier molecular flexibility index (Phi) is 7.53. The molecule has 0 saturated heterocycles. The van der Waals surface area contributed by atoms with Crippen molar-refractivity contribution in [1.29, 1.82) is 0 Å². The van der Waals surface area contributed by atoms with E-state index in [9.17, 15) is 22.8 Å². The first kappa shape index (κ1) is 27.6. The number of aromatic nitrogens is 2. The van der Waals surface area contributed by atoms with E-state index in [1.165, 1.54) is 11.6 Å². The minimum Gasteiger partial charge on any atom is -0.352 e. The van der Waals surface area contributed by atoms with E-state index in [-0.39, 0.29) is 17.7 Å². The van der Waals surface area contributed by atoms with Crippen molar-refractivity contribution >= 4 is 23.2 Å². The van der Waals surface area contributed by atoms with Gasteiger partial charge in [-0.2, -0.15) is 13.2 Å². The Labute approximate surface area is 231 Å². The molecule has 5 rings (SSSR count). The number of aldehydes is 1. The van der Waals surface area contributed by atoms with E-state index in [0.29, 0.717) is 34.9 Å². The molecule has 1 fully saturated rings. The predicted molar refractivity (Wildman–Crippen MR) is 149 cm³/mol. The fourth-order valence-corrected chi connectivity index (χ4v) is 5.86. The Bertz CT molecular complexity index is 1510. The molecule has 3 aromatic carbocycles. The highest BCUT2D eigenvalue weighted by Gasteiger charge is 2.37. The van der Waals surface area contributed by atoms with E-state index in [4.69, 9.17) is 0 Å². The lowest BCUT2D eigenvalue weighted by molar-refractivity contribution is -0.137. The van der Waals surface area contributed by atoms with E-state index in [1.807, 2.05) is 48.0 Å². The maximum Gasteiger partial charge on any atom is 0.416 e. The van der Waals surface area contributed by atoms with Crippen LogP contribution in [0.5, 0.6) is 0 Å². The molecule has 1 amide bonds. The molecule has 0 radical (unpaired) electrons. The summed E-state index contributed by atoms with van der Waals surface area (Å²) < 4.78 is 41.5. The number of alkyl halides is 3. The molecule has 5 nitrogen and oxygen atoms in total. The molecule has 1 aliphatic carbocycles. The third-order valence-corrected chi connectivity index (χ3v) is 8.28. The molecule has 0 spiro atoms. The number of carbonyl (C=O) groups excluding carboxylic acids is 2. The fourth-order valence-electron chi connectivity index (χ4n) is 5.86. The number of fused-ring (bicyclic) bond motifs is 1. The number of carbonyl (C=O) groups is 2. The molecule has 0 unspecified atom stereocenters. The summed E-state index contributed by atoms with van der Waals surface area (Å²) in [6.45, 7) is 2.59. The molecule has 1 saturated carbocycles. The number of imidazole rings is 1. The van der Waals surface area contributed by atoms with E-state index in [2.05, 4.69) is 29.4 Å². The lowest BCUT2D eigenvalue weighted by Gasteiger charge is -2.41. The van der Waals surface area contributed by atoms with Crippen LogP contribution in [0.1, 0.15) is 66.1 Å². The summed E-state index contributed by atoms with van der Waals surface area (Å²) in [5.41, 5.74) is 3.74. The summed E-state index contributed by atoms with van der Waals surface area (Å²) in [6, 6.07) is 19.6. The van der Waals surface area contributed by atoms with Crippen molar-refractivity contribution in [2.75, 3.05) is 6.54 Å². The first-order valence-electron chi connectivity index (χ1n) is 13.6. The van der Waals surface area contributed by atoms with E-state index in [0.717, 1.165) is 55.2 Å². The van der Waals surface area contributed by atoms with Crippen LogP contribution in [0.3, 0.4) is 0 Å². The zero-order valence-corrected chi connectivity index (χ0v) is 22.6. The van der Waals surface area contributed by atoms with E-state index in [1.54, 1.807) is 0 Å². The number of halogens is 3. The Hall–Kier alpha value is -3.94. The second-order valence-corrected chi connectivity index (χ2v) is 10.8. The number of nitrogens with zero attached hydrogens (tertiary/aromatic N) is 2. The van der Waals surface area contributed by atoms with Crippen LogP contribution in [0.15, 0.2) is 66.7 Å². The van der Waals surface area contributed by atoms with Gasteiger partial charge in [0.05, 0.1) is 16.6 Å². The highest BCUT2D eigenvalue weighted by Crippen LogP contribution is 2.47. The molecule has 0 bridgehead atoms. The number of hydrogen-bond donors (Lipinski definition) is 1. The van der Waals surface area contributed by atoms with Gasteiger partial charge in [-0.25, -0.2) is 4.98 Å². The minimum absolute atomic E-state index is 0.200. The van der Waals surface area contributed by atoms with E-state index >= 15 is 0 Å². The molecule has 0 atom stereocenters. The zero-order valence-electron chi connectivity index (χ0n) is 22.6. The average molecular weight is 548 g/mol. The Morgan fingerprint density at radius 1 is 1.02 bits per heavy atom. The van der Waals surface area contributed by atoms with Crippen LogP contribution in [-0.2, 0) is 23.4 Å². The largest absolute Gasteiger partial charge is 0.416 e. The Morgan fingerprint density at radius 2 is 1.65 bits per heavy atom. The maximum atomic E-state index is 13.2. The molecule has 1 aromatic heterocycles. The van der Waals surface area contributed by atoms with Gasteiger partial charge in [0.15, 0.2) is 0 Å². The van der Waals surface area contributed by atoms with Crippen molar-refractivity contribution in [2.24, 2.45) is 13.0 Å². The lowest BCUT2D eigenvalue weighted by atomic mass is 9.63. The van der Waals surface area contributed by atoms with Gasteiger partial charge in [0.25, 0.3) is 5.91 Å². The maximum absolute atomic E-state index is 13.2. The monoisotopic (exact) mass is 547 g/mol. The number of rotatable bonds is 7. The first-order valence-corrected chi connectivity index (χ1v) is 13.6. The number of nitrogens with one attached hydrogen (secondary N) is 1. The molecular weight excluding hydrogens is 515 g/mol. The Balaban J connectivity index is 1.46. The molecule has 4 aromatic rings. The van der Waals surface area contributed by atoms with Crippen LogP contribution >= 0.6 is 0 Å². The van der Waals surface area contributed by atoms with Crippen LogP contribution in [-0.4, -0.2) is 28.3 Å². The van der Waals surface area contributed by atoms with Crippen molar-refractivity contribution in [1.82, 2.24) is 14.9 Å². The number of amides is 1. The van der Waals surface area contributed by atoms with Crippen LogP contribution in [0.2, 0.25) is 0 Å². The highest BCUT2D eigenvalue weighted by atomic mass is 19.4. The van der Waals surface area contributed by atoms with Gasteiger partial charge in [0.1, 0.15) is 12.1 Å². The van der Waals surface area contributed by atoms with Gasteiger partial charge in [-0.15, -0.1) is 0 Å². The van der Waals surface area contributed by atoms with Crippen molar-refractivity contribution in [3.8, 4) is 11.4 Å². The minimum atomic E-state index is -4.42. The summed E-state index contributed by atoms with van der Waals surface area (Å²) in [6.07, 6.45) is 0.768. The highest BCUT2D eigenvalue weighted by molar-refractivity contribution is 5.94. The zero-order chi connectivity index (χ0) is 28.5. The summed E-state index contributed by atoms with van der Waals surface area (Å²) in [4.78, 5) is 27.5. The van der Waals surface area contributed by atoms with Crippen LogP contribution in [0, 0.1) is 5.92 Å². The average Bonchev–Trinajstić information content (AvgIpc) is 3.29. The summed E-state index contributed by atoms with van der Waals surface area (Å²) >= 11 is 0. The third-order valence-electron chi connectivity index (χ3n) is 8.28.